The molecule has 1 heterocycles. The molecule has 0 radical (unpaired) electrons. The summed E-state index contributed by atoms with van der Waals surface area (Å²) in [5.74, 6) is 0.510. The van der Waals surface area contributed by atoms with Gasteiger partial charge in [0.15, 0.2) is 0 Å². The zero-order chi connectivity index (χ0) is 13.1. The van der Waals surface area contributed by atoms with E-state index in [0.29, 0.717) is 28.6 Å². The van der Waals surface area contributed by atoms with Gasteiger partial charge in [-0.05, 0) is 41.1 Å². The smallest absolute Gasteiger partial charge is 0.251 e. The average molecular weight is 330 g/mol. The van der Waals surface area contributed by atoms with Crippen molar-refractivity contribution in [1.29, 1.82) is 0 Å². The van der Waals surface area contributed by atoms with Crippen molar-refractivity contribution in [2.75, 3.05) is 0 Å². The highest BCUT2D eigenvalue weighted by Gasteiger charge is 2.08. The van der Waals surface area contributed by atoms with Gasteiger partial charge in [-0.1, -0.05) is 16.8 Å². The minimum Gasteiger partial charge on any atom is -0.361 e. The summed E-state index contributed by atoms with van der Waals surface area (Å²) in [6.07, 6.45) is 0. The third-order valence-corrected chi connectivity index (χ3v) is 3.52. The molecule has 6 heteroatoms. The Morgan fingerprint density at radius 3 is 2.89 bits per heavy atom. The first kappa shape index (κ1) is 13.1. The van der Waals surface area contributed by atoms with E-state index in [1.54, 1.807) is 31.2 Å². The molecule has 0 spiro atoms. The first-order valence-electron chi connectivity index (χ1n) is 5.21. The van der Waals surface area contributed by atoms with Gasteiger partial charge in [0.2, 0.25) is 0 Å². The van der Waals surface area contributed by atoms with Gasteiger partial charge in [-0.15, -0.1) is 0 Å². The standard InChI is InChI=1S/C12H10BrClN2O2/c1-7-4-9(16-18-7)6-15-12(17)8-2-3-10(13)11(14)5-8/h2-5H,6H2,1H3,(H,15,17). The number of aromatic nitrogens is 1. The molecule has 2 aromatic rings. The van der Waals surface area contributed by atoms with Crippen LogP contribution < -0.4 is 5.32 Å². The summed E-state index contributed by atoms with van der Waals surface area (Å²) >= 11 is 9.20. The molecule has 1 amide bonds. The summed E-state index contributed by atoms with van der Waals surface area (Å²) < 4.78 is 5.67. The Morgan fingerprint density at radius 2 is 2.28 bits per heavy atom. The van der Waals surface area contributed by atoms with Gasteiger partial charge in [0.25, 0.3) is 5.91 Å². The van der Waals surface area contributed by atoms with Crippen molar-refractivity contribution in [3.63, 3.8) is 0 Å². The highest BCUT2D eigenvalue weighted by molar-refractivity contribution is 9.10. The summed E-state index contributed by atoms with van der Waals surface area (Å²) in [5.41, 5.74) is 1.19. The molecular weight excluding hydrogens is 320 g/mol. The molecule has 18 heavy (non-hydrogen) atoms. The molecule has 94 valence electrons. The lowest BCUT2D eigenvalue weighted by molar-refractivity contribution is 0.0950. The maximum atomic E-state index is 11.8. The van der Waals surface area contributed by atoms with Crippen molar-refractivity contribution in [3.05, 3.63) is 50.8 Å². The van der Waals surface area contributed by atoms with Crippen LogP contribution in [0.25, 0.3) is 0 Å². The van der Waals surface area contributed by atoms with Crippen molar-refractivity contribution >= 4 is 33.4 Å². The number of carbonyl (C=O) groups excluding carboxylic acids is 1. The van der Waals surface area contributed by atoms with Gasteiger partial charge < -0.3 is 9.84 Å². The van der Waals surface area contributed by atoms with Crippen molar-refractivity contribution < 1.29 is 9.32 Å². The highest BCUT2D eigenvalue weighted by Crippen LogP contribution is 2.23. The summed E-state index contributed by atoms with van der Waals surface area (Å²) in [5, 5.41) is 7.03. The van der Waals surface area contributed by atoms with E-state index in [9.17, 15) is 4.79 Å². The fourth-order valence-electron chi connectivity index (χ4n) is 1.41. The van der Waals surface area contributed by atoms with Crippen LogP contribution in [0.2, 0.25) is 5.02 Å². The second kappa shape index (κ2) is 5.54. The Kier molecular flexibility index (Phi) is 4.04. The van der Waals surface area contributed by atoms with E-state index < -0.39 is 0 Å². The van der Waals surface area contributed by atoms with Crippen LogP contribution in [0, 0.1) is 6.92 Å². The van der Waals surface area contributed by atoms with Gasteiger partial charge in [0.05, 0.1) is 11.6 Å². The topological polar surface area (TPSA) is 55.1 Å². The third-order valence-electron chi connectivity index (χ3n) is 2.29. The molecule has 0 unspecified atom stereocenters. The number of nitrogens with one attached hydrogen (secondary N) is 1. The van der Waals surface area contributed by atoms with E-state index in [4.69, 9.17) is 16.1 Å². The fourth-order valence-corrected chi connectivity index (χ4v) is 1.84. The first-order valence-corrected chi connectivity index (χ1v) is 6.39. The lowest BCUT2D eigenvalue weighted by Gasteiger charge is -2.04. The normalized spacial score (nSPS) is 10.4. The molecule has 0 saturated heterocycles. The number of nitrogens with zero attached hydrogens (tertiary/aromatic N) is 1. The molecule has 1 aromatic carbocycles. The fraction of sp³-hybridized carbons (Fsp3) is 0.167. The Labute approximate surface area is 117 Å². The summed E-state index contributed by atoms with van der Waals surface area (Å²) in [4.78, 5) is 11.8. The molecule has 0 saturated carbocycles. The van der Waals surface area contributed by atoms with Crippen molar-refractivity contribution in [1.82, 2.24) is 10.5 Å². The van der Waals surface area contributed by atoms with Gasteiger partial charge in [0.1, 0.15) is 11.5 Å². The van der Waals surface area contributed by atoms with Gasteiger partial charge >= 0.3 is 0 Å². The number of hydrogen-bond acceptors (Lipinski definition) is 3. The molecule has 0 aliphatic rings. The zero-order valence-electron chi connectivity index (χ0n) is 9.54. The molecule has 0 aliphatic heterocycles. The van der Waals surface area contributed by atoms with E-state index in [1.807, 2.05) is 0 Å². The van der Waals surface area contributed by atoms with Gasteiger partial charge in [0, 0.05) is 16.1 Å². The maximum absolute atomic E-state index is 11.8. The number of benzene rings is 1. The lowest BCUT2D eigenvalue weighted by Crippen LogP contribution is -2.22. The van der Waals surface area contributed by atoms with Crippen LogP contribution in [0.15, 0.2) is 33.3 Å². The molecule has 0 atom stereocenters. The molecule has 0 bridgehead atoms. The maximum Gasteiger partial charge on any atom is 0.251 e. The quantitative estimate of drug-likeness (QED) is 0.939. The monoisotopic (exact) mass is 328 g/mol. The van der Waals surface area contributed by atoms with E-state index in [0.717, 1.165) is 4.47 Å². The van der Waals surface area contributed by atoms with Crippen LogP contribution >= 0.6 is 27.5 Å². The number of aryl methyl sites for hydroxylation is 1. The summed E-state index contributed by atoms with van der Waals surface area (Å²) in [6.45, 7) is 2.12. The minimum absolute atomic E-state index is 0.204. The Hall–Kier alpha value is -1.33. The minimum atomic E-state index is -0.204. The zero-order valence-corrected chi connectivity index (χ0v) is 11.9. The molecule has 0 fully saturated rings. The van der Waals surface area contributed by atoms with Crippen LogP contribution in [-0.4, -0.2) is 11.1 Å². The Morgan fingerprint density at radius 1 is 1.50 bits per heavy atom. The van der Waals surface area contributed by atoms with Crippen LogP contribution in [0.3, 0.4) is 0 Å². The average Bonchev–Trinajstić information content (AvgIpc) is 2.75. The van der Waals surface area contributed by atoms with Crippen LogP contribution in [0.1, 0.15) is 21.8 Å². The number of halogens is 2. The first-order chi connectivity index (χ1) is 8.56. The highest BCUT2D eigenvalue weighted by atomic mass is 79.9. The molecule has 1 aromatic heterocycles. The molecular formula is C12H10BrClN2O2. The number of amides is 1. The van der Waals surface area contributed by atoms with Crippen molar-refractivity contribution in [2.24, 2.45) is 0 Å². The van der Waals surface area contributed by atoms with Gasteiger partial charge in [-0.3, -0.25) is 4.79 Å². The lowest BCUT2D eigenvalue weighted by atomic mass is 10.2. The predicted molar refractivity (Wildman–Crippen MR) is 71.6 cm³/mol. The largest absolute Gasteiger partial charge is 0.361 e. The molecule has 4 nitrogen and oxygen atoms in total. The van der Waals surface area contributed by atoms with Crippen molar-refractivity contribution in [2.45, 2.75) is 13.5 Å². The van der Waals surface area contributed by atoms with E-state index >= 15 is 0 Å². The van der Waals surface area contributed by atoms with Gasteiger partial charge in [-0.25, -0.2) is 0 Å². The predicted octanol–water partition coefficient (Wildman–Crippen LogP) is 3.33. The molecule has 2 rings (SSSR count). The summed E-state index contributed by atoms with van der Waals surface area (Å²) in [7, 11) is 0. The van der Waals surface area contributed by atoms with E-state index in [2.05, 4.69) is 26.4 Å². The van der Waals surface area contributed by atoms with Crippen LogP contribution in [0.5, 0.6) is 0 Å². The van der Waals surface area contributed by atoms with Crippen LogP contribution in [-0.2, 0) is 6.54 Å². The van der Waals surface area contributed by atoms with Crippen LogP contribution in [0.4, 0.5) is 0 Å². The number of carbonyl (C=O) groups is 1. The number of rotatable bonds is 3. The molecule has 0 aliphatic carbocycles. The Balaban J connectivity index is 2.01. The third kappa shape index (κ3) is 3.11. The van der Waals surface area contributed by atoms with E-state index in [-0.39, 0.29) is 5.91 Å². The second-order valence-electron chi connectivity index (χ2n) is 3.74. The SMILES string of the molecule is Cc1cc(CNC(=O)c2ccc(Br)c(Cl)c2)no1. The van der Waals surface area contributed by atoms with Gasteiger partial charge in [-0.2, -0.15) is 0 Å². The van der Waals surface area contributed by atoms with E-state index in [1.165, 1.54) is 0 Å². The molecule has 1 N–H and O–H groups in total. The summed E-state index contributed by atoms with van der Waals surface area (Å²) in [6, 6.07) is 6.81. The number of hydrogen-bond donors (Lipinski definition) is 1. The second-order valence-corrected chi connectivity index (χ2v) is 5.00. The van der Waals surface area contributed by atoms with Crippen molar-refractivity contribution in [3.8, 4) is 0 Å². The Bertz CT molecular complexity index is 583.